The van der Waals surface area contributed by atoms with E-state index in [9.17, 15) is 85.1 Å². The van der Waals surface area contributed by atoms with Crippen LogP contribution in [-0.4, -0.2) is 67.9 Å². The van der Waals surface area contributed by atoms with Gasteiger partial charge in [-0.2, -0.15) is 37.7 Å². The van der Waals surface area contributed by atoms with Gasteiger partial charge in [-0.15, -0.1) is 79.4 Å². The maximum atomic E-state index is 12.7. The summed E-state index contributed by atoms with van der Waals surface area (Å²) in [4.78, 5) is 97.4. The van der Waals surface area contributed by atoms with Gasteiger partial charge in [0.15, 0.2) is 0 Å². The number of halogens is 7. The maximum absolute atomic E-state index is 12.7. The zero-order valence-corrected chi connectivity index (χ0v) is 59.5. The summed E-state index contributed by atoms with van der Waals surface area (Å²) in [5.74, 6) is -6.16. The van der Waals surface area contributed by atoms with E-state index in [0.29, 0.717) is 63.0 Å². The number of thiophene rings is 8. The predicted molar refractivity (Wildman–Crippen MR) is 390 cm³/mol. The van der Waals surface area contributed by atoms with Crippen LogP contribution < -0.4 is 21.3 Å². The number of anilines is 4. The first kappa shape index (κ1) is 75.3. The lowest BCUT2D eigenvalue weighted by molar-refractivity contribution is -0.138. The van der Waals surface area contributed by atoms with E-state index in [2.05, 4.69) is 21.3 Å². The number of hydrogen-bond donors (Lipinski definition) is 8. The third-order valence-corrected chi connectivity index (χ3v) is 22.0. The van der Waals surface area contributed by atoms with Gasteiger partial charge in [0.25, 0.3) is 23.6 Å². The Kier molecular flexibility index (Phi) is 24.3. The number of carboxylic acids is 4. The Balaban J connectivity index is 0.000000157. The van der Waals surface area contributed by atoms with Crippen molar-refractivity contribution in [1.82, 2.24) is 0 Å². The van der Waals surface area contributed by atoms with E-state index >= 15 is 0 Å². The predicted octanol–water partition coefficient (Wildman–Crippen LogP) is 21.6. The minimum absolute atomic E-state index is 0.0702. The number of carbonyl (C=O) groups is 8. The number of nitrogens with one attached hydrogen (secondary N) is 4. The average Bonchev–Trinajstić information content (AvgIpc) is 1.71. The van der Waals surface area contributed by atoms with E-state index in [4.69, 9.17) is 11.6 Å². The first-order valence-electron chi connectivity index (χ1n) is 28.9. The molecule has 16 nitrogen and oxygen atoms in total. The molecule has 8 aromatic heterocycles. The standard InChI is InChI=1S/C19H17NO3S2.C18H12F3NO3S2.C17H10F3NO3S2.C16H10ClNO3S2/c1-10-4-5-13(8-12(10)3)14-9-25-18(15(14)19(22)23)20-17(21)16-11(2)6-7-24-16;1-9-6-7-26-14(9)15(23)22-16-13(17(24)25)12(8-27-16)10-2-4-11(5-3-10)18(19,20)21;18-17(19,20)10-5-3-9(4-6-10)11-8-26-15(13(11)16(23)24)21-14(22)12-2-1-7-25-12;17-11-3-1-2-9(6-11)12-8-23-15(13(12)16(20)21)18-14(19)10-4-5-22-7-10/h4-9H,1-3H3,(H,20,21)(H,22,23);2-8H,1H3,(H,22,23)(H,24,25);1-8H,(H,21,22)(H,23,24);1-8H,(H,18,19)(H,20,21). The van der Waals surface area contributed by atoms with Gasteiger partial charge in [-0.25, -0.2) is 19.2 Å². The molecule has 0 fully saturated rings. The van der Waals surface area contributed by atoms with Crippen molar-refractivity contribution < 1.29 is 85.1 Å². The Hall–Kier alpha value is -9.89. The van der Waals surface area contributed by atoms with Crippen LogP contribution >= 0.6 is 102 Å². The monoisotopic (exact) mass is 1540 g/mol. The molecule has 8 N–H and O–H groups in total. The van der Waals surface area contributed by atoms with Crippen molar-refractivity contribution in [3.8, 4) is 44.5 Å². The topological polar surface area (TPSA) is 266 Å². The summed E-state index contributed by atoms with van der Waals surface area (Å²) in [5, 5.41) is 65.6. The van der Waals surface area contributed by atoms with Crippen molar-refractivity contribution >= 4 is 170 Å². The van der Waals surface area contributed by atoms with Crippen LogP contribution in [0.25, 0.3) is 44.5 Å². The lowest BCUT2D eigenvalue weighted by Crippen LogP contribution is -2.13. The summed E-state index contributed by atoms with van der Waals surface area (Å²) in [6, 6.07) is 29.9. The molecule has 0 atom stereocenters. The van der Waals surface area contributed by atoms with Gasteiger partial charge in [0.05, 0.1) is 31.3 Å². The van der Waals surface area contributed by atoms with E-state index in [1.165, 1.54) is 103 Å². The lowest BCUT2D eigenvalue weighted by atomic mass is 9.99. The SMILES string of the molecule is Cc1ccc(-c2csc(NC(=O)c3sccc3C)c2C(=O)O)cc1C.Cc1ccsc1C(=O)Nc1scc(-c2ccc(C(F)(F)F)cc2)c1C(=O)O.O=C(Nc1scc(-c2ccc(C(F)(F)F)cc2)c1C(=O)O)c1cccs1.O=C(Nc1scc(-c2cccc(Cl)c2)c1C(=O)O)c1ccsc1. The second-order valence-corrected chi connectivity index (χ2v) is 28.8. The number of carboxylic acid groups (broad SMARTS) is 4. The number of aromatic carboxylic acids is 4. The third kappa shape index (κ3) is 18.4. The van der Waals surface area contributed by atoms with Gasteiger partial charge >= 0.3 is 36.2 Å². The largest absolute Gasteiger partial charge is 0.478 e. The minimum Gasteiger partial charge on any atom is -0.478 e. The normalized spacial score (nSPS) is 11.0. The van der Waals surface area contributed by atoms with Crippen molar-refractivity contribution in [2.24, 2.45) is 0 Å². The Bertz CT molecular complexity index is 5050. The molecule has 0 bridgehead atoms. The van der Waals surface area contributed by atoms with E-state index < -0.39 is 59.2 Å². The molecule has 0 saturated carbocycles. The molecule has 0 unspecified atom stereocenters. The number of rotatable bonds is 16. The van der Waals surface area contributed by atoms with Crippen molar-refractivity contribution in [2.45, 2.75) is 40.0 Å². The molecular formula is C70H49ClF6N4O12S8. The van der Waals surface area contributed by atoms with Crippen LogP contribution in [0.2, 0.25) is 5.02 Å². The number of hydrogen-bond acceptors (Lipinski definition) is 16. The molecule has 0 saturated heterocycles. The summed E-state index contributed by atoms with van der Waals surface area (Å²) in [6.07, 6.45) is -8.94. The summed E-state index contributed by atoms with van der Waals surface area (Å²) in [5.41, 5.74) is 6.50. The highest BCUT2D eigenvalue weighted by atomic mass is 35.5. The van der Waals surface area contributed by atoms with Gasteiger partial charge in [0, 0.05) is 54.2 Å². The highest BCUT2D eigenvalue weighted by Crippen LogP contribution is 2.42. The van der Waals surface area contributed by atoms with Gasteiger partial charge in [0.2, 0.25) is 0 Å². The van der Waals surface area contributed by atoms with Gasteiger partial charge in [-0.05, 0) is 154 Å². The van der Waals surface area contributed by atoms with Crippen LogP contribution in [0.3, 0.4) is 0 Å². The molecule has 0 radical (unpaired) electrons. The highest BCUT2D eigenvalue weighted by molar-refractivity contribution is 7.17. The molecular weight excluding hydrogens is 1490 g/mol. The summed E-state index contributed by atoms with van der Waals surface area (Å²) < 4.78 is 76.1. The highest BCUT2D eigenvalue weighted by Gasteiger charge is 2.33. The van der Waals surface area contributed by atoms with E-state index in [1.807, 2.05) is 50.4 Å². The fraction of sp³-hybridized carbons (Fsp3) is 0.0857. The molecule has 0 aliphatic rings. The molecule has 4 aromatic carbocycles. The van der Waals surface area contributed by atoms with E-state index in [0.717, 1.165) is 74.8 Å². The van der Waals surface area contributed by atoms with Crippen LogP contribution in [0.15, 0.2) is 170 Å². The van der Waals surface area contributed by atoms with E-state index in [-0.39, 0.29) is 55.2 Å². The minimum atomic E-state index is -4.47. The molecule has 0 aliphatic carbocycles. The van der Waals surface area contributed by atoms with Gasteiger partial charge in [-0.3, -0.25) is 19.2 Å². The van der Waals surface area contributed by atoms with Crippen LogP contribution in [-0.2, 0) is 12.4 Å². The molecule has 0 spiro atoms. The molecule has 31 heteroatoms. The molecule has 12 rings (SSSR count). The number of aryl methyl sites for hydroxylation is 4. The summed E-state index contributed by atoms with van der Waals surface area (Å²) >= 11 is 15.6. The van der Waals surface area contributed by atoms with Crippen LogP contribution in [0.4, 0.5) is 46.3 Å². The van der Waals surface area contributed by atoms with Crippen molar-refractivity contribution in [1.29, 1.82) is 0 Å². The Labute approximate surface area is 606 Å². The first-order chi connectivity index (χ1) is 47.9. The fourth-order valence-electron chi connectivity index (χ4n) is 9.41. The number of benzene rings is 4. The third-order valence-electron chi connectivity index (χ3n) is 14.6. The molecule has 0 aliphatic heterocycles. The summed E-state index contributed by atoms with van der Waals surface area (Å²) in [6.45, 7) is 7.64. The van der Waals surface area contributed by atoms with Crippen LogP contribution in [0.1, 0.15) is 114 Å². The Morgan fingerprint density at radius 1 is 0.366 bits per heavy atom. The number of amides is 4. The first-order valence-corrected chi connectivity index (χ1v) is 36.3. The van der Waals surface area contributed by atoms with Gasteiger partial charge in [0.1, 0.15) is 42.3 Å². The number of alkyl halides is 6. The van der Waals surface area contributed by atoms with Gasteiger partial charge < -0.3 is 41.7 Å². The Morgan fingerprint density at radius 2 is 0.762 bits per heavy atom. The van der Waals surface area contributed by atoms with Crippen molar-refractivity contribution in [3.05, 3.63) is 251 Å². The smallest absolute Gasteiger partial charge is 0.416 e. The van der Waals surface area contributed by atoms with Crippen LogP contribution in [0.5, 0.6) is 0 Å². The average molecular weight is 1540 g/mol. The quantitative estimate of drug-likeness (QED) is 0.0420. The van der Waals surface area contributed by atoms with Crippen LogP contribution in [0, 0.1) is 27.7 Å². The molecule has 518 valence electrons. The molecule has 12 aromatic rings. The van der Waals surface area contributed by atoms with Crippen molar-refractivity contribution in [3.63, 3.8) is 0 Å². The molecule has 8 heterocycles. The van der Waals surface area contributed by atoms with Gasteiger partial charge in [-0.1, -0.05) is 72.3 Å². The molecule has 101 heavy (non-hydrogen) atoms. The van der Waals surface area contributed by atoms with Crippen molar-refractivity contribution in [2.75, 3.05) is 21.3 Å². The number of carbonyl (C=O) groups excluding carboxylic acids is 4. The lowest BCUT2D eigenvalue weighted by Gasteiger charge is -2.08. The second kappa shape index (κ2) is 32.6. The van der Waals surface area contributed by atoms with E-state index in [1.54, 1.807) is 87.7 Å². The summed E-state index contributed by atoms with van der Waals surface area (Å²) in [7, 11) is 0. The second-order valence-electron chi connectivity index (χ2n) is 21.3. The zero-order valence-electron chi connectivity index (χ0n) is 52.2. The maximum Gasteiger partial charge on any atom is 0.416 e. The zero-order chi connectivity index (χ0) is 73.2. The Morgan fingerprint density at radius 3 is 1.11 bits per heavy atom. The molecule has 4 amide bonds. The fourth-order valence-corrected chi connectivity index (χ4v) is 16.3.